The Kier molecular flexibility index (Phi) is 5.06. The third-order valence-corrected chi connectivity index (χ3v) is 3.57. The van der Waals surface area contributed by atoms with Gasteiger partial charge < -0.3 is 10.2 Å². The number of pyridine rings is 1. The second-order valence-electron chi connectivity index (χ2n) is 5.93. The third-order valence-electron chi connectivity index (χ3n) is 3.57. The van der Waals surface area contributed by atoms with Gasteiger partial charge in [-0.1, -0.05) is 20.8 Å². The van der Waals surface area contributed by atoms with E-state index >= 15 is 0 Å². The van der Waals surface area contributed by atoms with Crippen molar-refractivity contribution >= 4 is 11.5 Å². The zero-order chi connectivity index (χ0) is 13.7. The van der Waals surface area contributed by atoms with Crippen molar-refractivity contribution < 1.29 is 0 Å². The predicted molar refractivity (Wildman–Crippen MR) is 82.8 cm³/mol. The summed E-state index contributed by atoms with van der Waals surface area (Å²) in [6.07, 6.45) is 7.01. The molecule has 0 amide bonds. The van der Waals surface area contributed by atoms with Crippen molar-refractivity contribution in [1.29, 1.82) is 0 Å². The number of nitrogens with one attached hydrogen (secondary N) is 1. The van der Waals surface area contributed by atoms with Crippen LogP contribution in [-0.4, -0.2) is 24.1 Å². The summed E-state index contributed by atoms with van der Waals surface area (Å²) < 4.78 is 0. The Morgan fingerprint density at radius 2 is 2.21 bits per heavy atom. The van der Waals surface area contributed by atoms with E-state index < -0.39 is 0 Å². The lowest BCUT2D eigenvalue weighted by Gasteiger charge is -2.26. The van der Waals surface area contributed by atoms with Gasteiger partial charge in [0, 0.05) is 37.1 Å². The Bertz CT molecular complexity index is 385. The van der Waals surface area contributed by atoms with Crippen molar-refractivity contribution in [2.75, 3.05) is 23.3 Å². The minimum atomic E-state index is 0.764. The van der Waals surface area contributed by atoms with Crippen LogP contribution in [0.4, 0.5) is 11.5 Å². The molecule has 19 heavy (non-hydrogen) atoms. The molecule has 106 valence electrons. The molecule has 1 N–H and O–H groups in total. The van der Waals surface area contributed by atoms with E-state index in [0.29, 0.717) is 0 Å². The average Bonchev–Trinajstić information content (AvgIpc) is 3.21. The lowest BCUT2D eigenvalue weighted by atomic mass is 10.1. The summed E-state index contributed by atoms with van der Waals surface area (Å²) in [6.45, 7) is 8.93. The van der Waals surface area contributed by atoms with Gasteiger partial charge >= 0.3 is 0 Å². The van der Waals surface area contributed by atoms with E-state index in [-0.39, 0.29) is 0 Å². The monoisotopic (exact) mass is 261 g/mol. The van der Waals surface area contributed by atoms with Gasteiger partial charge in [-0.05, 0) is 37.7 Å². The summed E-state index contributed by atoms with van der Waals surface area (Å²) in [5.74, 6) is 1.77. The first-order chi connectivity index (χ1) is 9.20. The van der Waals surface area contributed by atoms with Crippen LogP contribution in [-0.2, 0) is 0 Å². The van der Waals surface area contributed by atoms with Crippen molar-refractivity contribution in [3.05, 3.63) is 18.3 Å². The summed E-state index contributed by atoms with van der Waals surface area (Å²) in [5, 5.41) is 3.38. The SMILES string of the molecule is CCCNc1cc(N(CCC(C)C)C2CC2)ccn1. The van der Waals surface area contributed by atoms with Crippen molar-refractivity contribution in [3.63, 3.8) is 0 Å². The minimum absolute atomic E-state index is 0.764. The van der Waals surface area contributed by atoms with Gasteiger partial charge in [0.2, 0.25) is 0 Å². The molecule has 1 heterocycles. The van der Waals surface area contributed by atoms with E-state index in [0.717, 1.165) is 30.7 Å². The topological polar surface area (TPSA) is 28.2 Å². The molecule has 2 rings (SSSR count). The van der Waals surface area contributed by atoms with Crippen LogP contribution >= 0.6 is 0 Å². The number of hydrogen-bond donors (Lipinski definition) is 1. The molecule has 1 saturated carbocycles. The zero-order valence-corrected chi connectivity index (χ0v) is 12.5. The smallest absolute Gasteiger partial charge is 0.127 e. The highest BCUT2D eigenvalue weighted by Gasteiger charge is 2.29. The summed E-state index contributed by atoms with van der Waals surface area (Å²) in [7, 11) is 0. The molecule has 1 aromatic rings. The Balaban J connectivity index is 2.03. The first-order valence-corrected chi connectivity index (χ1v) is 7.67. The third kappa shape index (κ3) is 4.41. The van der Waals surface area contributed by atoms with E-state index in [1.54, 1.807) is 0 Å². The van der Waals surface area contributed by atoms with Crippen molar-refractivity contribution in [1.82, 2.24) is 4.98 Å². The van der Waals surface area contributed by atoms with Gasteiger partial charge in [0.15, 0.2) is 0 Å². The zero-order valence-electron chi connectivity index (χ0n) is 12.5. The van der Waals surface area contributed by atoms with Gasteiger partial charge in [0.05, 0.1) is 0 Å². The Morgan fingerprint density at radius 1 is 1.42 bits per heavy atom. The Morgan fingerprint density at radius 3 is 2.84 bits per heavy atom. The standard InChI is InChI=1S/C16H27N3/c1-4-9-17-16-12-15(7-10-18-16)19(14-5-6-14)11-8-13(2)3/h7,10,12-14H,4-6,8-9,11H2,1-3H3,(H,17,18). The maximum atomic E-state index is 4.40. The second kappa shape index (κ2) is 6.78. The van der Waals surface area contributed by atoms with Gasteiger partial charge in [-0.25, -0.2) is 4.98 Å². The van der Waals surface area contributed by atoms with Crippen LogP contribution in [0.5, 0.6) is 0 Å². The maximum absolute atomic E-state index is 4.40. The number of anilines is 2. The van der Waals surface area contributed by atoms with Gasteiger partial charge in [0.25, 0.3) is 0 Å². The first-order valence-electron chi connectivity index (χ1n) is 7.67. The highest BCUT2D eigenvalue weighted by Crippen LogP contribution is 2.32. The highest BCUT2D eigenvalue weighted by atomic mass is 15.2. The molecule has 0 unspecified atom stereocenters. The van der Waals surface area contributed by atoms with Crippen LogP contribution in [0.25, 0.3) is 0 Å². The fourth-order valence-corrected chi connectivity index (χ4v) is 2.25. The lowest BCUT2D eigenvalue weighted by Crippen LogP contribution is -2.27. The summed E-state index contributed by atoms with van der Waals surface area (Å²) >= 11 is 0. The molecular weight excluding hydrogens is 234 g/mol. The molecule has 1 fully saturated rings. The van der Waals surface area contributed by atoms with E-state index in [1.165, 1.54) is 31.5 Å². The molecule has 1 aliphatic carbocycles. The molecule has 0 aromatic carbocycles. The molecule has 0 radical (unpaired) electrons. The van der Waals surface area contributed by atoms with Crippen LogP contribution in [0.1, 0.15) is 46.5 Å². The largest absolute Gasteiger partial charge is 0.370 e. The highest BCUT2D eigenvalue weighted by molar-refractivity contribution is 5.55. The first kappa shape index (κ1) is 14.2. The number of nitrogens with zero attached hydrogens (tertiary/aromatic N) is 2. The van der Waals surface area contributed by atoms with Crippen LogP contribution in [0.15, 0.2) is 18.3 Å². The second-order valence-corrected chi connectivity index (χ2v) is 5.93. The van der Waals surface area contributed by atoms with Gasteiger partial charge in [-0.15, -0.1) is 0 Å². The fourth-order valence-electron chi connectivity index (χ4n) is 2.25. The molecule has 0 bridgehead atoms. The lowest BCUT2D eigenvalue weighted by molar-refractivity contribution is 0.570. The van der Waals surface area contributed by atoms with Crippen molar-refractivity contribution in [3.8, 4) is 0 Å². The molecule has 0 atom stereocenters. The normalized spacial score (nSPS) is 14.7. The van der Waals surface area contributed by atoms with Gasteiger partial charge in [-0.2, -0.15) is 0 Å². The summed E-state index contributed by atoms with van der Waals surface area (Å²) in [5.41, 5.74) is 1.33. The molecule has 0 spiro atoms. The number of aromatic nitrogens is 1. The molecule has 1 aliphatic rings. The van der Waals surface area contributed by atoms with Crippen LogP contribution in [0.3, 0.4) is 0 Å². The fraction of sp³-hybridized carbons (Fsp3) is 0.688. The number of rotatable bonds is 8. The maximum Gasteiger partial charge on any atom is 0.127 e. The summed E-state index contributed by atoms with van der Waals surface area (Å²) in [4.78, 5) is 6.96. The molecule has 0 saturated heterocycles. The Labute approximate surface area is 117 Å². The molecule has 3 heteroatoms. The predicted octanol–water partition coefficient (Wildman–Crippen LogP) is 3.92. The molecular formula is C16H27N3. The van der Waals surface area contributed by atoms with Crippen LogP contribution in [0, 0.1) is 5.92 Å². The van der Waals surface area contributed by atoms with E-state index in [2.05, 4.69) is 48.1 Å². The van der Waals surface area contributed by atoms with E-state index in [4.69, 9.17) is 0 Å². The molecule has 3 nitrogen and oxygen atoms in total. The summed E-state index contributed by atoms with van der Waals surface area (Å²) in [6, 6.07) is 5.12. The number of hydrogen-bond acceptors (Lipinski definition) is 3. The Hall–Kier alpha value is -1.25. The van der Waals surface area contributed by atoms with Crippen LogP contribution in [0.2, 0.25) is 0 Å². The van der Waals surface area contributed by atoms with Gasteiger partial charge in [-0.3, -0.25) is 0 Å². The van der Waals surface area contributed by atoms with Crippen molar-refractivity contribution in [2.24, 2.45) is 5.92 Å². The average molecular weight is 261 g/mol. The molecule has 0 aliphatic heterocycles. The van der Waals surface area contributed by atoms with E-state index in [1.807, 2.05) is 6.20 Å². The van der Waals surface area contributed by atoms with Crippen LogP contribution < -0.4 is 10.2 Å². The van der Waals surface area contributed by atoms with E-state index in [9.17, 15) is 0 Å². The molecule has 1 aromatic heterocycles. The quantitative estimate of drug-likeness (QED) is 0.769. The minimum Gasteiger partial charge on any atom is -0.370 e. The van der Waals surface area contributed by atoms with Crippen molar-refractivity contribution in [2.45, 2.75) is 52.5 Å². The van der Waals surface area contributed by atoms with Gasteiger partial charge in [0.1, 0.15) is 5.82 Å².